The van der Waals surface area contributed by atoms with Gasteiger partial charge in [0, 0.05) is 17.2 Å². The Morgan fingerprint density at radius 1 is 1.17 bits per heavy atom. The highest BCUT2D eigenvalue weighted by molar-refractivity contribution is 6.01. The first-order valence-electron chi connectivity index (χ1n) is 7.16. The van der Waals surface area contributed by atoms with Gasteiger partial charge in [0.25, 0.3) is 11.6 Å². The number of nitrogens with one attached hydrogen (secondary N) is 1. The van der Waals surface area contributed by atoms with E-state index in [1.165, 1.54) is 18.2 Å². The number of nitrogens with zero attached hydrogens (tertiary/aromatic N) is 2. The second kappa shape index (κ2) is 7.36. The average Bonchev–Trinajstić information content (AvgIpc) is 2.59. The van der Waals surface area contributed by atoms with Crippen LogP contribution in [0.1, 0.15) is 28.4 Å². The van der Waals surface area contributed by atoms with Crippen LogP contribution in [0.25, 0.3) is 0 Å². The molecule has 0 aliphatic heterocycles. The lowest BCUT2D eigenvalue weighted by molar-refractivity contribution is -0.385. The van der Waals surface area contributed by atoms with Gasteiger partial charge in [-0.2, -0.15) is 5.10 Å². The third-order valence-electron chi connectivity index (χ3n) is 3.49. The molecule has 2 rings (SSSR count). The molecule has 0 fully saturated rings. The number of hydrogen-bond donors (Lipinski definition) is 1. The molecule has 7 nitrogen and oxygen atoms in total. The lowest BCUT2D eigenvalue weighted by Gasteiger charge is -2.05. The summed E-state index contributed by atoms with van der Waals surface area (Å²) < 4.78 is 5.09. The second-order valence-corrected chi connectivity index (χ2v) is 5.13. The number of aryl methyl sites for hydroxylation is 1. The number of ether oxygens (including phenoxy) is 1. The van der Waals surface area contributed by atoms with E-state index in [9.17, 15) is 14.9 Å². The molecule has 0 radical (unpaired) electrons. The Morgan fingerprint density at radius 3 is 2.33 bits per heavy atom. The van der Waals surface area contributed by atoms with Gasteiger partial charge in [0.1, 0.15) is 5.75 Å². The first-order chi connectivity index (χ1) is 11.4. The highest BCUT2D eigenvalue weighted by atomic mass is 16.6. The van der Waals surface area contributed by atoms with Crippen molar-refractivity contribution in [3.8, 4) is 5.75 Å². The standard InChI is InChI=1S/C17H17N3O4/c1-11-10-14(6-9-16(11)20(22)23)17(21)19-18-12(2)13-4-7-15(24-3)8-5-13/h4-10H,1-3H3,(H,19,21). The minimum absolute atomic E-state index is 0.0236. The summed E-state index contributed by atoms with van der Waals surface area (Å²) in [6.07, 6.45) is 0. The topological polar surface area (TPSA) is 93.8 Å². The molecule has 0 aromatic heterocycles. The highest BCUT2D eigenvalue weighted by Gasteiger charge is 2.13. The van der Waals surface area contributed by atoms with Crippen LogP contribution in [0.3, 0.4) is 0 Å². The van der Waals surface area contributed by atoms with Crippen LogP contribution in [0.5, 0.6) is 5.75 Å². The summed E-state index contributed by atoms with van der Waals surface area (Å²) >= 11 is 0. The number of carbonyl (C=O) groups excluding carboxylic acids is 1. The molecule has 1 amide bonds. The summed E-state index contributed by atoms with van der Waals surface area (Å²) in [5.74, 6) is 0.304. The minimum atomic E-state index is -0.483. The summed E-state index contributed by atoms with van der Waals surface area (Å²) in [7, 11) is 1.59. The molecule has 0 saturated carbocycles. The highest BCUT2D eigenvalue weighted by Crippen LogP contribution is 2.18. The van der Waals surface area contributed by atoms with Crippen molar-refractivity contribution in [2.24, 2.45) is 5.10 Å². The van der Waals surface area contributed by atoms with Crippen LogP contribution in [-0.2, 0) is 0 Å². The van der Waals surface area contributed by atoms with Crippen LogP contribution in [0.4, 0.5) is 5.69 Å². The van der Waals surface area contributed by atoms with E-state index in [1.54, 1.807) is 33.1 Å². The van der Waals surface area contributed by atoms with Gasteiger partial charge in [-0.15, -0.1) is 0 Å². The molecule has 2 aromatic carbocycles. The summed E-state index contributed by atoms with van der Waals surface area (Å²) in [6.45, 7) is 3.35. The number of hydrazone groups is 1. The Morgan fingerprint density at radius 2 is 1.79 bits per heavy atom. The molecular weight excluding hydrogens is 310 g/mol. The van der Waals surface area contributed by atoms with E-state index in [0.29, 0.717) is 16.8 Å². The van der Waals surface area contributed by atoms with Gasteiger partial charge >= 0.3 is 0 Å². The number of benzene rings is 2. The number of amides is 1. The smallest absolute Gasteiger partial charge is 0.272 e. The van der Waals surface area contributed by atoms with Gasteiger partial charge in [-0.3, -0.25) is 14.9 Å². The summed E-state index contributed by atoms with van der Waals surface area (Å²) in [5.41, 5.74) is 4.63. The molecule has 2 aromatic rings. The first kappa shape index (κ1) is 17.1. The molecule has 0 heterocycles. The fourth-order valence-electron chi connectivity index (χ4n) is 2.10. The zero-order valence-corrected chi connectivity index (χ0v) is 13.6. The third-order valence-corrected chi connectivity index (χ3v) is 3.49. The average molecular weight is 327 g/mol. The van der Waals surface area contributed by atoms with Crippen LogP contribution < -0.4 is 10.2 Å². The Bertz CT molecular complexity index is 798. The molecule has 0 unspecified atom stereocenters. The van der Waals surface area contributed by atoms with E-state index in [2.05, 4.69) is 10.5 Å². The Hall–Kier alpha value is -3.22. The van der Waals surface area contributed by atoms with E-state index >= 15 is 0 Å². The molecule has 0 saturated heterocycles. The number of rotatable bonds is 5. The van der Waals surface area contributed by atoms with Crippen molar-refractivity contribution in [3.63, 3.8) is 0 Å². The van der Waals surface area contributed by atoms with Crippen LogP contribution >= 0.6 is 0 Å². The SMILES string of the molecule is COc1ccc(C(C)=NNC(=O)c2ccc([N+](=O)[O-])c(C)c2)cc1. The Labute approximate surface area is 139 Å². The fraction of sp³-hybridized carbons (Fsp3) is 0.176. The lowest BCUT2D eigenvalue weighted by Crippen LogP contribution is -2.19. The van der Waals surface area contributed by atoms with Gasteiger partial charge in [-0.05, 0) is 55.8 Å². The van der Waals surface area contributed by atoms with Crippen molar-refractivity contribution in [3.05, 3.63) is 69.3 Å². The molecule has 0 atom stereocenters. The van der Waals surface area contributed by atoms with E-state index < -0.39 is 10.8 Å². The largest absolute Gasteiger partial charge is 0.497 e. The summed E-state index contributed by atoms with van der Waals surface area (Å²) in [4.78, 5) is 22.4. The van der Waals surface area contributed by atoms with Gasteiger partial charge in [-0.25, -0.2) is 5.43 Å². The first-order valence-corrected chi connectivity index (χ1v) is 7.16. The van der Waals surface area contributed by atoms with Gasteiger partial charge in [0.2, 0.25) is 0 Å². The van der Waals surface area contributed by atoms with Crippen molar-refractivity contribution in [1.82, 2.24) is 5.43 Å². The maximum atomic E-state index is 12.1. The summed E-state index contributed by atoms with van der Waals surface area (Å²) in [6, 6.07) is 11.4. The number of nitro groups is 1. The van der Waals surface area contributed by atoms with Gasteiger partial charge in [-0.1, -0.05) is 0 Å². The molecule has 124 valence electrons. The van der Waals surface area contributed by atoms with Crippen molar-refractivity contribution in [1.29, 1.82) is 0 Å². The molecule has 24 heavy (non-hydrogen) atoms. The Kier molecular flexibility index (Phi) is 5.26. The zero-order chi connectivity index (χ0) is 17.7. The van der Waals surface area contributed by atoms with Crippen molar-refractivity contribution < 1.29 is 14.5 Å². The van der Waals surface area contributed by atoms with Crippen LogP contribution in [0.15, 0.2) is 47.6 Å². The molecule has 0 spiro atoms. The van der Waals surface area contributed by atoms with E-state index in [0.717, 1.165) is 11.3 Å². The Balaban J connectivity index is 2.11. The predicted molar refractivity (Wildman–Crippen MR) is 90.5 cm³/mol. The molecule has 0 bridgehead atoms. The van der Waals surface area contributed by atoms with Gasteiger partial charge < -0.3 is 4.74 Å². The van der Waals surface area contributed by atoms with Crippen LogP contribution in [0.2, 0.25) is 0 Å². The molecule has 7 heteroatoms. The quantitative estimate of drug-likeness (QED) is 0.519. The number of carbonyl (C=O) groups is 1. The van der Waals surface area contributed by atoms with E-state index in [4.69, 9.17) is 4.74 Å². The number of nitro benzene ring substituents is 1. The second-order valence-electron chi connectivity index (χ2n) is 5.13. The van der Waals surface area contributed by atoms with Crippen molar-refractivity contribution in [2.75, 3.05) is 7.11 Å². The maximum Gasteiger partial charge on any atom is 0.272 e. The molecule has 0 aliphatic carbocycles. The lowest BCUT2D eigenvalue weighted by atomic mass is 10.1. The third kappa shape index (κ3) is 3.95. The predicted octanol–water partition coefficient (Wildman–Crippen LogP) is 3.07. The van der Waals surface area contributed by atoms with Crippen LogP contribution in [-0.4, -0.2) is 23.7 Å². The molecule has 0 aliphatic rings. The monoisotopic (exact) mass is 327 g/mol. The maximum absolute atomic E-state index is 12.1. The number of hydrogen-bond acceptors (Lipinski definition) is 5. The zero-order valence-electron chi connectivity index (χ0n) is 13.6. The van der Waals surface area contributed by atoms with E-state index in [1.807, 2.05) is 12.1 Å². The molecular formula is C17H17N3O4. The normalized spacial score (nSPS) is 11.0. The fourth-order valence-corrected chi connectivity index (χ4v) is 2.10. The van der Waals surface area contributed by atoms with Crippen molar-refractivity contribution in [2.45, 2.75) is 13.8 Å². The minimum Gasteiger partial charge on any atom is -0.497 e. The number of methoxy groups -OCH3 is 1. The van der Waals surface area contributed by atoms with Crippen LogP contribution in [0, 0.1) is 17.0 Å². The van der Waals surface area contributed by atoms with Crippen molar-refractivity contribution >= 4 is 17.3 Å². The van der Waals surface area contributed by atoms with Gasteiger partial charge in [0.05, 0.1) is 17.7 Å². The molecule has 1 N–H and O–H groups in total. The van der Waals surface area contributed by atoms with Gasteiger partial charge in [0.15, 0.2) is 0 Å². The van der Waals surface area contributed by atoms with E-state index in [-0.39, 0.29) is 5.69 Å². The summed E-state index contributed by atoms with van der Waals surface area (Å²) in [5, 5.41) is 14.9.